The molecule has 1 unspecified atom stereocenters. The topological polar surface area (TPSA) is 54.6 Å². The predicted octanol–water partition coefficient (Wildman–Crippen LogP) is 1.91. The number of pyridine rings is 1. The van der Waals surface area contributed by atoms with Crippen LogP contribution in [0.4, 0.5) is 0 Å². The molecule has 4 heteroatoms. The summed E-state index contributed by atoms with van der Waals surface area (Å²) in [6.07, 6.45) is 2.26. The molecule has 84 valence electrons. The van der Waals surface area contributed by atoms with Crippen molar-refractivity contribution >= 4 is 11.5 Å². The highest BCUT2D eigenvalue weighted by molar-refractivity contribution is 5.69. The molecule has 1 N–H and O–H groups in total. The molecule has 0 bridgehead atoms. The molecule has 0 saturated heterocycles. The van der Waals surface area contributed by atoms with E-state index >= 15 is 0 Å². The minimum atomic E-state index is -0.770. The molecule has 2 aromatic heterocycles. The van der Waals surface area contributed by atoms with Crippen LogP contribution in [0.2, 0.25) is 0 Å². The molecule has 0 amide bonds. The molecule has 16 heavy (non-hydrogen) atoms. The van der Waals surface area contributed by atoms with E-state index < -0.39 is 5.97 Å². The Morgan fingerprint density at radius 1 is 1.56 bits per heavy atom. The van der Waals surface area contributed by atoms with E-state index in [1.807, 2.05) is 29.5 Å². The van der Waals surface area contributed by atoms with Gasteiger partial charge in [0.1, 0.15) is 0 Å². The van der Waals surface area contributed by atoms with Gasteiger partial charge in [-0.15, -0.1) is 0 Å². The first-order chi connectivity index (χ1) is 7.59. The largest absolute Gasteiger partial charge is 0.481 e. The first kappa shape index (κ1) is 10.7. The molecule has 1 atom stereocenters. The number of aryl methyl sites for hydroxylation is 1. The Morgan fingerprint density at radius 3 is 3.00 bits per heavy atom. The van der Waals surface area contributed by atoms with Crippen LogP contribution < -0.4 is 0 Å². The lowest BCUT2D eigenvalue weighted by Crippen LogP contribution is -2.14. The van der Waals surface area contributed by atoms with Crippen molar-refractivity contribution in [2.45, 2.75) is 20.3 Å². The van der Waals surface area contributed by atoms with Gasteiger partial charge in [0.2, 0.25) is 0 Å². The number of hydrogen-bond acceptors (Lipinski definition) is 2. The van der Waals surface area contributed by atoms with Gasteiger partial charge in [-0.2, -0.15) is 0 Å². The molecule has 4 nitrogen and oxygen atoms in total. The van der Waals surface area contributed by atoms with E-state index in [0.717, 1.165) is 16.9 Å². The SMILES string of the molecule is Cc1ncn2c(CC(C)C(=O)O)cccc12. The van der Waals surface area contributed by atoms with Crippen LogP contribution >= 0.6 is 0 Å². The maximum Gasteiger partial charge on any atom is 0.306 e. The zero-order chi connectivity index (χ0) is 11.7. The summed E-state index contributed by atoms with van der Waals surface area (Å²) < 4.78 is 1.95. The van der Waals surface area contributed by atoms with E-state index in [1.54, 1.807) is 13.3 Å². The van der Waals surface area contributed by atoms with E-state index in [2.05, 4.69) is 4.98 Å². The van der Waals surface area contributed by atoms with Crippen LogP contribution in [-0.2, 0) is 11.2 Å². The molecule has 0 aliphatic rings. The van der Waals surface area contributed by atoms with Crippen LogP contribution in [0.15, 0.2) is 24.5 Å². The van der Waals surface area contributed by atoms with E-state index in [-0.39, 0.29) is 5.92 Å². The zero-order valence-electron chi connectivity index (χ0n) is 9.34. The third kappa shape index (κ3) is 1.78. The van der Waals surface area contributed by atoms with Crippen LogP contribution in [0.5, 0.6) is 0 Å². The molecule has 0 spiro atoms. The lowest BCUT2D eigenvalue weighted by molar-refractivity contribution is -0.141. The Labute approximate surface area is 93.5 Å². The highest BCUT2D eigenvalue weighted by Gasteiger charge is 2.13. The van der Waals surface area contributed by atoms with Crippen LogP contribution in [0.1, 0.15) is 18.3 Å². The van der Waals surface area contributed by atoms with Gasteiger partial charge in [-0.1, -0.05) is 13.0 Å². The maximum atomic E-state index is 10.8. The standard InChI is InChI=1S/C12H14N2O2/c1-8(12(15)16)6-10-4-3-5-11-9(2)13-7-14(10)11/h3-5,7-8H,6H2,1-2H3,(H,15,16). The number of carbonyl (C=O) groups is 1. The fraction of sp³-hybridized carbons (Fsp3) is 0.333. The number of fused-ring (bicyclic) bond motifs is 1. The molecular weight excluding hydrogens is 204 g/mol. The molecule has 0 saturated carbocycles. The van der Waals surface area contributed by atoms with Gasteiger partial charge in [0.15, 0.2) is 0 Å². The van der Waals surface area contributed by atoms with Crippen molar-refractivity contribution in [1.29, 1.82) is 0 Å². The highest BCUT2D eigenvalue weighted by atomic mass is 16.4. The van der Waals surface area contributed by atoms with Crippen molar-refractivity contribution in [3.63, 3.8) is 0 Å². The van der Waals surface area contributed by atoms with Gasteiger partial charge in [-0.3, -0.25) is 4.79 Å². The second-order valence-corrected chi connectivity index (χ2v) is 4.05. The number of hydrogen-bond donors (Lipinski definition) is 1. The second-order valence-electron chi connectivity index (χ2n) is 4.05. The minimum absolute atomic E-state index is 0.381. The smallest absolute Gasteiger partial charge is 0.306 e. The molecule has 2 rings (SSSR count). The average molecular weight is 218 g/mol. The molecule has 0 aliphatic heterocycles. The van der Waals surface area contributed by atoms with E-state index in [1.165, 1.54) is 0 Å². The molecular formula is C12H14N2O2. The normalized spacial score (nSPS) is 12.9. The van der Waals surface area contributed by atoms with Crippen molar-refractivity contribution in [3.05, 3.63) is 35.9 Å². The summed E-state index contributed by atoms with van der Waals surface area (Å²) in [4.78, 5) is 15.0. The summed E-state index contributed by atoms with van der Waals surface area (Å²) in [7, 11) is 0. The van der Waals surface area contributed by atoms with Gasteiger partial charge < -0.3 is 9.51 Å². The molecule has 0 aliphatic carbocycles. The van der Waals surface area contributed by atoms with Crippen molar-refractivity contribution in [2.75, 3.05) is 0 Å². The average Bonchev–Trinajstić information content (AvgIpc) is 2.62. The van der Waals surface area contributed by atoms with Gasteiger partial charge in [-0.05, 0) is 19.1 Å². The van der Waals surface area contributed by atoms with Crippen LogP contribution in [0.25, 0.3) is 5.52 Å². The minimum Gasteiger partial charge on any atom is -0.481 e. The Kier molecular flexibility index (Phi) is 2.64. The van der Waals surface area contributed by atoms with Crippen molar-refractivity contribution in [1.82, 2.24) is 9.38 Å². The monoisotopic (exact) mass is 218 g/mol. The fourth-order valence-corrected chi connectivity index (χ4v) is 1.77. The molecule has 0 radical (unpaired) electrons. The molecule has 0 fully saturated rings. The van der Waals surface area contributed by atoms with Crippen molar-refractivity contribution in [3.8, 4) is 0 Å². The second kappa shape index (κ2) is 3.96. The number of nitrogens with zero attached hydrogens (tertiary/aromatic N) is 2. The predicted molar refractivity (Wildman–Crippen MR) is 60.4 cm³/mol. The van der Waals surface area contributed by atoms with Gasteiger partial charge in [0.25, 0.3) is 0 Å². The number of imidazole rings is 1. The lowest BCUT2D eigenvalue weighted by Gasteiger charge is -2.08. The van der Waals surface area contributed by atoms with Gasteiger partial charge in [-0.25, -0.2) is 4.98 Å². The third-order valence-electron chi connectivity index (χ3n) is 2.79. The number of rotatable bonds is 3. The fourth-order valence-electron chi connectivity index (χ4n) is 1.77. The Morgan fingerprint density at radius 2 is 2.31 bits per heavy atom. The van der Waals surface area contributed by atoms with E-state index in [4.69, 9.17) is 5.11 Å². The Bertz CT molecular complexity index is 531. The zero-order valence-corrected chi connectivity index (χ0v) is 9.34. The molecule has 0 aromatic carbocycles. The maximum absolute atomic E-state index is 10.8. The summed E-state index contributed by atoms with van der Waals surface area (Å²) in [5.41, 5.74) is 2.98. The first-order valence-electron chi connectivity index (χ1n) is 5.24. The number of aliphatic carboxylic acids is 1. The Balaban J connectivity index is 2.41. The summed E-state index contributed by atoms with van der Waals surface area (Å²) in [5, 5.41) is 8.90. The summed E-state index contributed by atoms with van der Waals surface area (Å²) in [6, 6.07) is 5.86. The van der Waals surface area contributed by atoms with E-state index in [0.29, 0.717) is 6.42 Å². The van der Waals surface area contributed by atoms with E-state index in [9.17, 15) is 4.79 Å². The van der Waals surface area contributed by atoms with Crippen LogP contribution in [0, 0.1) is 12.8 Å². The van der Waals surface area contributed by atoms with Crippen molar-refractivity contribution < 1.29 is 9.90 Å². The third-order valence-corrected chi connectivity index (χ3v) is 2.79. The number of carboxylic acid groups (broad SMARTS) is 1. The first-order valence-corrected chi connectivity index (χ1v) is 5.24. The molecule has 2 aromatic rings. The van der Waals surface area contributed by atoms with Gasteiger partial charge in [0.05, 0.1) is 23.5 Å². The summed E-state index contributed by atoms with van der Waals surface area (Å²) in [5.74, 6) is -1.15. The quantitative estimate of drug-likeness (QED) is 0.856. The number of aromatic nitrogens is 2. The van der Waals surface area contributed by atoms with Crippen molar-refractivity contribution in [2.24, 2.45) is 5.92 Å². The lowest BCUT2D eigenvalue weighted by atomic mass is 10.1. The van der Waals surface area contributed by atoms with Gasteiger partial charge in [0, 0.05) is 12.1 Å². The Hall–Kier alpha value is -1.84. The molecule has 2 heterocycles. The number of carboxylic acids is 1. The summed E-state index contributed by atoms with van der Waals surface area (Å²) >= 11 is 0. The van der Waals surface area contributed by atoms with Crippen LogP contribution in [-0.4, -0.2) is 20.5 Å². The van der Waals surface area contributed by atoms with Crippen LogP contribution in [0.3, 0.4) is 0 Å². The highest BCUT2D eigenvalue weighted by Crippen LogP contribution is 2.14. The summed E-state index contributed by atoms with van der Waals surface area (Å²) in [6.45, 7) is 3.66. The van der Waals surface area contributed by atoms with Gasteiger partial charge >= 0.3 is 5.97 Å².